The predicted molar refractivity (Wildman–Crippen MR) is 120 cm³/mol. The smallest absolute Gasteiger partial charge is 0.191 e. The van der Waals surface area contributed by atoms with Crippen LogP contribution in [-0.4, -0.2) is 58.3 Å². The van der Waals surface area contributed by atoms with Crippen LogP contribution in [0.3, 0.4) is 0 Å². The van der Waals surface area contributed by atoms with Crippen LogP contribution in [0.15, 0.2) is 57.7 Å². The Hall–Kier alpha value is -1.90. The molecule has 158 valence electrons. The topological polar surface area (TPSA) is 73.8 Å². The molecule has 0 radical (unpaired) electrons. The van der Waals surface area contributed by atoms with Crippen LogP contribution in [0.4, 0.5) is 0 Å². The lowest BCUT2D eigenvalue weighted by molar-refractivity contribution is 0.249. The Morgan fingerprint density at radius 3 is 2.55 bits per heavy atom. The molecule has 0 spiro atoms. The largest absolute Gasteiger partial charge is 0.356 e. The maximum absolute atomic E-state index is 12.4. The summed E-state index contributed by atoms with van der Waals surface area (Å²) < 4.78 is 24.7. The Bertz CT molecular complexity index is 861. The average molecular weight is 435 g/mol. The van der Waals surface area contributed by atoms with Gasteiger partial charge in [-0.25, -0.2) is 8.42 Å². The molecule has 8 heteroatoms. The Balaban J connectivity index is 1.46. The number of rotatable bonds is 9. The van der Waals surface area contributed by atoms with E-state index in [1.165, 1.54) is 17.7 Å². The minimum absolute atomic E-state index is 0.118. The minimum atomic E-state index is -3.24. The van der Waals surface area contributed by atoms with E-state index in [1.807, 2.05) is 6.07 Å². The van der Waals surface area contributed by atoms with Crippen molar-refractivity contribution < 1.29 is 8.42 Å². The molecule has 1 fully saturated rings. The molecule has 29 heavy (non-hydrogen) atoms. The highest BCUT2D eigenvalue weighted by atomic mass is 32.2. The fourth-order valence-corrected chi connectivity index (χ4v) is 5.77. The van der Waals surface area contributed by atoms with Gasteiger partial charge in [-0.15, -0.1) is 11.3 Å². The summed E-state index contributed by atoms with van der Waals surface area (Å²) in [7, 11) is -1.49. The van der Waals surface area contributed by atoms with Gasteiger partial charge in [0.25, 0.3) is 0 Å². The van der Waals surface area contributed by atoms with Crippen LogP contribution >= 0.6 is 11.3 Å². The van der Waals surface area contributed by atoms with Crippen LogP contribution in [0.1, 0.15) is 30.2 Å². The summed E-state index contributed by atoms with van der Waals surface area (Å²) in [5.41, 5.74) is 0. The number of likely N-dealkylation sites (tertiary alicyclic amines) is 1. The van der Waals surface area contributed by atoms with Gasteiger partial charge >= 0.3 is 0 Å². The van der Waals surface area contributed by atoms with Crippen molar-refractivity contribution >= 4 is 27.1 Å². The van der Waals surface area contributed by atoms with Gasteiger partial charge in [0.2, 0.25) is 0 Å². The molecular weight excluding hydrogens is 404 g/mol. The van der Waals surface area contributed by atoms with Crippen molar-refractivity contribution in [3.63, 3.8) is 0 Å². The Labute approximate surface area is 178 Å². The highest BCUT2D eigenvalue weighted by Crippen LogP contribution is 2.27. The van der Waals surface area contributed by atoms with Crippen LogP contribution < -0.4 is 10.6 Å². The maximum Gasteiger partial charge on any atom is 0.191 e. The fourth-order valence-electron chi connectivity index (χ4n) is 3.57. The van der Waals surface area contributed by atoms with Crippen molar-refractivity contribution in [1.82, 2.24) is 15.5 Å². The molecule has 2 heterocycles. The zero-order chi connectivity index (χ0) is 20.5. The van der Waals surface area contributed by atoms with E-state index in [0.717, 1.165) is 19.6 Å². The summed E-state index contributed by atoms with van der Waals surface area (Å²) in [5, 5.41) is 8.79. The van der Waals surface area contributed by atoms with Crippen molar-refractivity contribution in [2.75, 3.05) is 39.0 Å². The van der Waals surface area contributed by atoms with Crippen LogP contribution in [0.25, 0.3) is 0 Å². The quantitative estimate of drug-likeness (QED) is 0.361. The number of nitrogens with one attached hydrogen (secondary N) is 2. The molecule has 0 amide bonds. The first-order valence-electron chi connectivity index (χ1n) is 10.1. The number of hydrogen-bond acceptors (Lipinski definition) is 5. The molecule has 1 aliphatic rings. The number of guanidine groups is 1. The van der Waals surface area contributed by atoms with Crippen LogP contribution in [0, 0.1) is 0 Å². The standard InChI is InChI=1S/C21H30N4O2S2/c1-22-21(23-12-8-16-29(26,27)18-9-3-2-4-10-18)24-17-19(20-11-7-15-28-20)25-13-5-6-14-25/h2-4,7,9-11,15,19H,5-6,8,12-14,16-17H2,1H3,(H2,22,23,24). The molecule has 0 aliphatic carbocycles. The Morgan fingerprint density at radius 2 is 1.90 bits per heavy atom. The lowest BCUT2D eigenvalue weighted by Crippen LogP contribution is -2.43. The zero-order valence-electron chi connectivity index (χ0n) is 16.9. The van der Waals surface area contributed by atoms with E-state index in [9.17, 15) is 8.42 Å². The third-order valence-corrected chi connectivity index (χ3v) is 7.91. The number of hydrogen-bond donors (Lipinski definition) is 2. The summed E-state index contributed by atoms with van der Waals surface area (Å²) in [6.45, 7) is 3.60. The van der Waals surface area contributed by atoms with Crippen LogP contribution in [-0.2, 0) is 9.84 Å². The number of nitrogens with zero attached hydrogens (tertiary/aromatic N) is 2. The van der Waals surface area contributed by atoms with Gasteiger partial charge in [0, 0.05) is 25.0 Å². The molecule has 1 aliphatic heterocycles. The zero-order valence-corrected chi connectivity index (χ0v) is 18.5. The summed E-state index contributed by atoms with van der Waals surface area (Å²) in [5.74, 6) is 0.829. The fraction of sp³-hybridized carbons (Fsp3) is 0.476. The molecule has 2 N–H and O–H groups in total. The molecule has 1 aromatic heterocycles. The molecule has 1 atom stereocenters. The molecule has 1 unspecified atom stereocenters. The number of sulfone groups is 1. The van der Waals surface area contributed by atoms with E-state index in [-0.39, 0.29) is 5.75 Å². The molecular formula is C21H30N4O2S2. The summed E-state index contributed by atoms with van der Waals surface area (Å²) >= 11 is 1.79. The Kier molecular flexibility index (Phi) is 8.09. The van der Waals surface area contributed by atoms with Crippen molar-refractivity contribution in [2.24, 2.45) is 4.99 Å². The summed E-state index contributed by atoms with van der Waals surface area (Å²) in [6.07, 6.45) is 3.04. The lowest BCUT2D eigenvalue weighted by Gasteiger charge is -2.27. The van der Waals surface area contributed by atoms with Gasteiger partial charge < -0.3 is 10.6 Å². The van der Waals surface area contributed by atoms with E-state index in [2.05, 4.69) is 38.0 Å². The second kappa shape index (κ2) is 10.8. The molecule has 0 saturated carbocycles. The summed E-state index contributed by atoms with van der Waals surface area (Å²) in [6, 6.07) is 13.3. The molecule has 1 saturated heterocycles. The van der Waals surface area contributed by atoms with Crippen molar-refractivity contribution in [1.29, 1.82) is 0 Å². The minimum Gasteiger partial charge on any atom is -0.356 e. The predicted octanol–water partition coefficient (Wildman–Crippen LogP) is 2.91. The highest BCUT2D eigenvalue weighted by Gasteiger charge is 2.24. The lowest BCUT2D eigenvalue weighted by atomic mass is 10.2. The third kappa shape index (κ3) is 6.29. The van der Waals surface area contributed by atoms with E-state index < -0.39 is 9.84 Å². The SMILES string of the molecule is CN=C(NCCCS(=O)(=O)c1ccccc1)NCC(c1cccs1)N1CCCC1. The first-order valence-corrected chi connectivity index (χ1v) is 12.6. The number of benzene rings is 1. The van der Waals surface area contributed by atoms with E-state index in [0.29, 0.717) is 29.9 Å². The van der Waals surface area contributed by atoms with E-state index in [1.54, 1.807) is 42.6 Å². The molecule has 0 bridgehead atoms. The first kappa shape index (κ1) is 21.8. The highest BCUT2D eigenvalue weighted by molar-refractivity contribution is 7.91. The molecule has 1 aromatic carbocycles. The van der Waals surface area contributed by atoms with Crippen LogP contribution in [0.5, 0.6) is 0 Å². The number of thiophene rings is 1. The third-order valence-electron chi connectivity index (χ3n) is 5.12. The van der Waals surface area contributed by atoms with Gasteiger partial charge in [-0.05, 0) is 55.9 Å². The van der Waals surface area contributed by atoms with Gasteiger partial charge in [0.1, 0.15) is 0 Å². The van der Waals surface area contributed by atoms with Crippen molar-refractivity contribution in [2.45, 2.75) is 30.2 Å². The molecule has 2 aromatic rings. The van der Waals surface area contributed by atoms with Gasteiger partial charge in [0.05, 0.1) is 16.7 Å². The molecule has 3 rings (SSSR count). The average Bonchev–Trinajstić information content (AvgIpc) is 3.45. The van der Waals surface area contributed by atoms with Crippen molar-refractivity contribution in [3.8, 4) is 0 Å². The first-order chi connectivity index (χ1) is 14.1. The van der Waals surface area contributed by atoms with Gasteiger partial charge in [-0.2, -0.15) is 0 Å². The maximum atomic E-state index is 12.4. The molecule has 6 nitrogen and oxygen atoms in total. The van der Waals surface area contributed by atoms with Crippen LogP contribution in [0.2, 0.25) is 0 Å². The second-order valence-corrected chi connectivity index (χ2v) is 10.2. The summed E-state index contributed by atoms with van der Waals surface area (Å²) in [4.78, 5) is 8.56. The van der Waals surface area contributed by atoms with E-state index >= 15 is 0 Å². The number of aliphatic imine (C=N–C) groups is 1. The second-order valence-electron chi connectivity index (χ2n) is 7.14. The Morgan fingerprint density at radius 1 is 1.14 bits per heavy atom. The van der Waals surface area contributed by atoms with Gasteiger partial charge in [-0.3, -0.25) is 9.89 Å². The van der Waals surface area contributed by atoms with E-state index in [4.69, 9.17) is 0 Å². The van der Waals surface area contributed by atoms with Gasteiger partial charge in [0.15, 0.2) is 15.8 Å². The normalized spacial score (nSPS) is 16.7. The van der Waals surface area contributed by atoms with Gasteiger partial charge in [-0.1, -0.05) is 24.3 Å². The van der Waals surface area contributed by atoms with Crippen molar-refractivity contribution in [3.05, 3.63) is 52.7 Å². The monoisotopic (exact) mass is 434 g/mol.